The SMILES string of the molecule is COc1cc(C2c3c(oc4c(C)cc(C)cc4c3=O)C(=O)N2CCCOC(C)C)cc(OC)c1OC. The highest BCUT2D eigenvalue weighted by atomic mass is 16.5. The van der Waals surface area contributed by atoms with Gasteiger partial charge in [-0.3, -0.25) is 9.59 Å². The molecule has 1 atom stereocenters. The summed E-state index contributed by atoms with van der Waals surface area (Å²) in [5.41, 5.74) is 2.96. The molecule has 2 heterocycles. The number of amides is 1. The monoisotopic (exact) mass is 495 g/mol. The standard InChI is InChI=1S/C28H33NO7/c1-15(2)35-10-8-9-29-23(18-13-20(32-5)26(34-7)21(14-18)33-6)22-24(30)19-12-16(3)11-17(4)25(19)36-27(22)28(29)31/h11-15,23H,8-10H2,1-7H3. The van der Waals surface area contributed by atoms with Gasteiger partial charge in [0.2, 0.25) is 11.5 Å². The van der Waals surface area contributed by atoms with Crippen molar-refractivity contribution in [3.63, 3.8) is 0 Å². The number of carbonyl (C=O) groups is 1. The average molecular weight is 496 g/mol. The molecule has 1 aromatic heterocycles. The molecular formula is C28H33NO7. The van der Waals surface area contributed by atoms with Crippen molar-refractivity contribution in [2.45, 2.75) is 46.3 Å². The summed E-state index contributed by atoms with van der Waals surface area (Å²) in [4.78, 5) is 29.2. The van der Waals surface area contributed by atoms with Crippen LogP contribution in [0, 0.1) is 13.8 Å². The van der Waals surface area contributed by atoms with E-state index in [1.54, 1.807) is 17.0 Å². The Bertz CT molecular complexity index is 1330. The smallest absolute Gasteiger partial charge is 0.290 e. The van der Waals surface area contributed by atoms with Crippen molar-refractivity contribution in [3.05, 3.63) is 62.5 Å². The van der Waals surface area contributed by atoms with Gasteiger partial charge in [-0.25, -0.2) is 0 Å². The molecule has 8 nitrogen and oxygen atoms in total. The number of benzene rings is 2. The molecule has 3 aromatic rings. The maximum Gasteiger partial charge on any atom is 0.290 e. The van der Waals surface area contributed by atoms with Crippen LogP contribution in [-0.4, -0.2) is 51.4 Å². The Kier molecular flexibility index (Phi) is 7.26. The van der Waals surface area contributed by atoms with E-state index in [4.69, 9.17) is 23.4 Å². The molecule has 0 aliphatic carbocycles. The summed E-state index contributed by atoms with van der Waals surface area (Å²) < 4.78 is 28.4. The minimum Gasteiger partial charge on any atom is -0.493 e. The molecule has 0 radical (unpaired) electrons. The van der Waals surface area contributed by atoms with Gasteiger partial charge in [-0.2, -0.15) is 0 Å². The maximum atomic E-state index is 13.9. The van der Waals surface area contributed by atoms with E-state index in [2.05, 4.69) is 0 Å². The summed E-state index contributed by atoms with van der Waals surface area (Å²) in [6, 6.07) is 6.62. The number of fused-ring (bicyclic) bond motifs is 2. The molecule has 1 unspecified atom stereocenters. The number of rotatable bonds is 9. The second-order valence-corrected chi connectivity index (χ2v) is 9.27. The zero-order valence-electron chi connectivity index (χ0n) is 21.9. The number of aryl methyl sites for hydroxylation is 2. The van der Waals surface area contributed by atoms with E-state index in [1.165, 1.54) is 21.3 Å². The van der Waals surface area contributed by atoms with Crippen LogP contribution in [0.4, 0.5) is 0 Å². The first kappa shape index (κ1) is 25.6. The highest BCUT2D eigenvalue weighted by Gasteiger charge is 2.43. The first-order valence-electron chi connectivity index (χ1n) is 12.0. The maximum absolute atomic E-state index is 13.9. The topological polar surface area (TPSA) is 87.4 Å². The van der Waals surface area contributed by atoms with E-state index < -0.39 is 6.04 Å². The molecular weight excluding hydrogens is 462 g/mol. The molecule has 2 aromatic carbocycles. The molecule has 36 heavy (non-hydrogen) atoms. The first-order chi connectivity index (χ1) is 17.2. The molecule has 4 rings (SSSR count). The second kappa shape index (κ2) is 10.2. The van der Waals surface area contributed by atoms with Crippen LogP contribution in [0.5, 0.6) is 17.2 Å². The Labute approximate surface area is 210 Å². The average Bonchev–Trinajstić information content (AvgIpc) is 3.13. The molecule has 1 aliphatic heterocycles. The van der Waals surface area contributed by atoms with Gasteiger partial charge < -0.3 is 28.3 Å². The lowest BCUT2D eigenvalue weighted by atomic mass is 9.96. The van der Waals surface area contributed by atoms with Crippen molar-refractivity contribution < 1.29 is 28.2 Å². The number of ether oxygens (including phenoxy) is 4. The minimum atomic E-state index is -0.679. The van der Waals surface area contributed by atoms with Crippen LogP contribution in [0.2, 0.25) is 0 Å². The van der Waals surface area contributed by atoms with Gasteiger partial charge >= 0.3 is 0 Å². The fourth-order valence-corrected chi connectivity index (χ4v) is 4.86. The zero-order chi connectivity index (χ0) is 26.1. The van der Waals surface area contributed by atoms with E-state index in [1.807, 2.05) is 39.8 Å². The largest absolute Gasteiger partial charge is 0.493 e. The molecule has 0 saturated carbocycles. The summed E-state index contributed by atoms with van der Waals surface area (Å²) in [5.74, 6) is 1.05. The third-order valence-electron chi connectivity index (χ3n) is 6.39. The van der Waals surface area contributed by atoms with Crippen LogP contribution < -0.4 is 19.6 Å². The van der Waals surface area contributed by atoms with Crippen LogP contribution in [0.1, 0.15) is 59.1 Å². The lowest BCUT2D eigenvalue weighted by Gasteiger charge is -2.26. The number of methoxy groups -OCH3 is 3. The van der Waals surface area contributed by atoms with Gasteiger partial charge in [0.15, 0.2) is 16.9 Å². The highest BCUT2D eigenvalue weighted by molar-refractivity contribution is 5.99. The first-order valence-corrected chi connectivity index (χ1v) is 12.0. The summed E-state index contributed by atoms with van der Waals surface area (Å²) >= 11 is 0. The lowest BCUT2D eigenvalue weighted by molar-refractivity contribution is 0.0593. The molecule has 0 bridgehead atoms. The zero-order valence-corrected chi connectivity index (χ0v) is 21.9. The number of carbonyl (C=O) groups excluding carboxylic acids is 1. The molecule has 0 fully saturated rings. The van der Waals surface area contributed by atoms with Crippen molar-refractivity contribution in [1.82, 2.24) is 4.90 Å². The highest BCUT2D eigenvalue weighted by Crippen LogP contribution is 2.45. The fourth-order valence-electron chi connectivity index (χ4n) is 4.86. The second-order valence-electron chi connectivity index (χ2n) is 9.27. The van der Waals surface area contributed by atoms with Crippen molar-refractivity contribution >= 4 is 16.9 Å². The van der Waals surface area contributed by atoms with E-state index in [-0.39, 0.29) is 23.2 Å². The Hall–Kier alpha value is -3.52. The number of hydrogen-bond acceptors (Lipinski definition) is 7. The molecule has 8 heteroatoms. The van der Waals surface area contributed by atoms with Crippen LogP contribution in [-0.2, 0) is 4.74 Å². The van der Waals surface area contributed by atoms with Crippen LogP contribution in [0.15, 0.2) is 33.5 Å². The lowest BCUT2D eigenvalue weighted by Crippen LogP contribution is -2.31. The van der Waals surface area contributed by atoms with Gasteiger partial charge in [0.05, 0.1) is 44.4 Å². The Morgan fingerprint density at radius 3 is 2.22 bits per heavy atom. The van der Waals surface area contributed by atoms with E-state index in [9.17, 15) is 9.59 Å². The van der Waals surface area contributed by atoms with Gasteiger partial charge in [-0.15, -0.1) is 0 Å². The van der Waals surface area contributed by atoms with Crippen molar-refractivity contribution in [3.8, 4) is 17.2 Å². The van der Waals surface area contributed by atoms with Gasteiger partial charge in [0.25, 0.3) is 5.91 Å². The van der Waals surface area contributed by atoms with Crippen molar-refractivity contribution in [1.29, 1.82) is 0 Å². The van der Waals surface area contributed by atoms with Crippen molar-refractivity contribution in [2.24, 2.45) is 0 Å². The van der Waals surface area contributed by atoms with Crippen LogP contribution in [0.25, 0.3) is 11.0 Å². The number of hydrogen-bond donors (Lipinski definition) is 0. The third-order valence-corrected chi connectivity index (χ3v) is 6.39. The van der Waals surface area contributed by atoms with Gasteiger partial charge in [-0.1, -0.05) is 6.07 Å². The predicted molar refractivity (Wildman–Crippen MR) is 137 cm³/mol. The Morgan fingerprint density at radius 1 is 0.972 bits per heavy atom. The summed E-state index contributed by atoms with van der Waals surface area (Å²) in [5, 5.41) is 0.460. The molecule has 1 aliphatic rings. The Balaban J connectivity index is 1.93. The molecule has 0 N–H and O–H groups in total. The van der Waals surface area contributed by atoms with E-state index in [0.29, 0.717) is 58.9 Å². The Morgan fingerprint density at radius 2 is 1.64 bits per heavy atom. The molecule has 1 amide bonds. The van der Waals surface area contributed by atoms with Crippen molar-refractivity contribution in [2.75, 3.05) is 34.5 Å². The summed E-state index contributed by atoms with van der Waals surface area (Å²) in [7, 11) is 4.59. The summed E-state index contributed by atoms with van der Waals surface area (Å²) in [6.07, 6.45) is 0.687. The van der Waals surface area contributed by atoms with E-state index in [0.717, 1.165) is 11.1 Å². The molecule has 0 saturated heterocycles. The summed E-state index contributed by atoms with van der Waals surface area (Å²) in [6.45, 7) is 8.61. The van der Waals surface area contributed by atoms with Gasteiger partial charge in [-0.05, 0) is 69.0 Å². The minimum absolute atomic E-state index is 0.0722. The van der Waals surface area contributed by atoms with Gasteiger partial charge in [0.1, 0.15) is 5.58 Å². The molecule has 192 valence electrons. The van der Waals surface area contributed by atoms with Crippen LogP contribution >= 0.6 is 0 Å². The van der Waals surface area contributed by atoms with Gasteiger partial charge in [0, 0.05) is 13.2 Å². The quantitative estimate of drug-likeness (QED) is 0.394. The number of nitrogens with zero attached hydrogens (tertiary/aromatic N) is 1. The van der Waals surface area contributed by atoms with Crippen LogP contribution in [0.3, 0.4) is 0 Å². The van der Waals surface area contributed by atoms with E-state index >= 15 is 0 Å². The normalized spacial score (nSPS) is 15.1. The molecule has 0 spiro atoms. The predicted octanol–water partition coefficient (Wildman–Crippen LogP) is 4.80. The fraction of sp³-hybridized carbons (Fsp3) is 0.429. The third kappa shape index (κ3) is 4.41.